The summed E-state index contributed by atoms with van der Waals surface area (Å²) >= 11 is 1.78. The molecule has 1 atom stereocenters. The van der Waals surface area contributed by atoms with Crippen molar-refractivity contribution >= 4 is 22.4 Å². The lowest BCUT2D eigenvalue weighted by atomic mass is 9.90. The van der Waals surface area contributed by atoms with Crippen LogP contribution in [0.4, 0.5) is 5.13 Å². The number of morpholine rings is 1. The van der Waals surface area contributed by atoms with Crippen molar-refractivity contribution in [3.05, 3.63) is 16.4 Å². The molecule has 2 aliphatic rings. The predicted molar refractivity (Wildman–Crippen MR) is 96.2 cm³/mol. The molecule has 1 unspecified atom stereocenters. The third-order valence-corrected chi connectivity index (χ3v) is 6.06. The first-order valence-electron chi connectivity index (χ1n) is 9.11. The standard InChI is InChI=1S/C16H23N7O2S/c24-15(17-5-1-2-14-19-21-22-20-14)11-3-4-13-12(10-11)18-16(26-13)23-6-8-25-9-7-23/h11H,1-10H2,(H,17,24)(H,19,20,21,22). The van der Waals surface area contributed by atoms with Gasteiger partial charge in [0.05, 0.1) is 18.9 Å². The van der Waals surface area contributed by atoms with Gasteiger partial charge in [0, 0.05) is 43.3 Å². The summed E-state index contributed by atoms with van der Waals surface area (Å²) in [5.41, 5.74) is 1.11. The third kappa shape index (κ3) is 4.01. The number of fused-ring (bicyclic) bond motifs is 1. The van der Waals surface area contributed by atoms with Crippen molar-refractivity contribution in [1.82, 2.24) is 30.9 Å². The lowest BCUT2D eigenvalue weighted by Gasteiger charge is -2.26. The van der Waals surface area contributed by atoms with E-state index in [9.17, 15) is 4.79 Å². The van der Waals surface area contributed by atoms with Gasteiger partial charge in [-0.25, -0.2) is 4.98 Å². The van der Waals surface area contributed by atoms with Gasteiger partial charge in [-0.15, -0.1) is 21.5 Å². The second-order valence-corrected chi connectivity index (χ2v) is 7.69. The number of H-pyrrole nitrogens is 1. The molecule has 0 spiro atoms. The first-order chi connectivity index (χ1) is 12.8. The van der Waals surface area contributed by atoms with Gasteiger partial charge in [-0.05, 0) is 19.3 Å². The fourth-order valence-electron chi connectivity index (χ4n) is 3.37. The molecule has 1 aliphatic heterocycles. The summed E-state index contributed by atoms with van der Waals surface area (Å²) in [6.45, 7) is 3.96. The van der Waals surface area contributed by atoms with Crippen LogP contribution in [0.1, 0.15) is 29.2 Å². The number of hydrogen-bond donors (Lipinski definition) is 2. The monoisotopic (exact) mass is 377 g/mol. The average Bonchev–Trinajstić information content (AvgIpc) is 3.34. The number of carbonyl (C=O) groups is 1. The fourth-order valence-corrected chi connectivity index (χ4v) is 4.52. The van der Waals surface area contributed by atoms with E-state index in [2.05, 4.69) is 30.8 Å². The van der Waals surface area contributed by atoms with Crippen LogP contribution in [-0.2, 0) is 28.8 Å². The molecule has 9 nitrogen and oxygen atoms in total. The summed E-state index contributed by atoms with van der Waals surface area (Å²) in [6, 6.07) is 0. The van der Waals surface area contributed by atoms with E-state index in [1.807, 2.05) is 0 Å². The van der Waals surface area contributed by atoms with E-state index < -0.39 is 0 Å². The SMILES string of the molecule is O=C(NCCCc1nn[nH]n1)C1CCc2sc(N3CCOCC3)nc2C1. The maximum absolute atomic E-state index is 12.5. The molecular formula is C16H23N7O2S. The van der Waals surface area contributed by atoms with E-state index in [4.69, 9.17) is 9.72 Å². The topological polar surface area (TPSA) is 109 Å². The molecule has 0 aromatic carbocycles. The Morgan fingerprint density at radius 2 is 2.27 bits per heavy atom. The molecule has 1 amide bonds. The van der Waals surface area contributed by atoms with Crippen molar-refractivity contribution < 1.29 is 9.53 Å². The van der Waals surface area contributed by atoms with Crippen LogP contribution in [0.3, 0.4) is 0 Å². The number of rotatable bonds is 6. The normalized spacial score (nSPS) is 20.0. The van der Waals surface area contributed by atoms with Gasteiger partial charge in [0.15, 0.2) is 11.0 Å². The Balaban J connectivity index is 1.27. The number of amides is 1. The summed E-state index contributed by atoms with van der Waals surface area (Å²) in [4.78, 5) is 20.9. The fraction of sp³-hybridized carbons (Fsp3) is 0.688. The van der Waals surface area contributed by atoms with Crippen molar-refractivity contribution in [2.75, 3.05) is 37.7 Å². The smallest absolute Gasteiger partial charge is 0.223 e. The number of ether oxygens (including phenoxy) is 1. The average molecular weight is 377 g/mol. The third-order valence-electron chi connectivity index (χ3n) is 4.84. The van der Waals surface area contributed by atoms with Crippen LogP contribution in [0, 0.1) is 5.92 Å². The molecule has 1 fully saturated rings. The Bertz CT molecular complexity index is 727. The summed E-state index contributed by atoms with van der Waals surface area (Å²) in [5.74, 6) is 0.830. The van der Waals surface area contributed by atoms with Gasteiger partial charge in [-0.3, -0.25) is 4.79 Å². The molecule has 3 heterocycles. The molecule has 4 rings (SSSR count). The lowest BCUT2D eigenvalue weighted by molar-refractivity contribution is -0.125. The molecule has 26 heavy (non-hydrogen) atoms. The maximum Gasteiger partial charge on any atom is 0.223 e. The first kappa shape index (κ1) is 17.3. The number of anilines is 1. The van der Waals surface area contributed by atoms with Gasteiger partial charge in [0.2, 0.25) is 5.91 Å². The predicted octanol–water partition coefficient (Wildman–Crippen LogP) is 0.347. The van der Waals surface area contributed by atoms with Gasteiger partial charge in [0.1, 0.15) is 0 Å². The zero-order chi connectivity index (χ0) is 17.8. The van der Waals surface area contributed by atoms with E-state index in [1.54, 1.807) is 11.3 Å². The highest BCUT2D eigenvalue weighted by atomic mass is 32.1. The van der Waals surface area contributed by atoms with Crippen LogP contribution in [-0.4, -0.2) is 64.4 Å². The van der Waals surface area contributed by atoms with Gasteiger partial charge < -0.3 is 15.0 Å². The highest BCUT2D eigenvalue weighted by molar-refractivity contribution is 7.15. The van der Waals surface area contributed by atoms with Crippen LogP contribution < -0.4 is 10.2 Å². The maximum atomic E-state index is 12.5. The molecule has 0 saturated carbocycles. The molecule has 1 saturated heterocycles. The van der Waals surface area contributed by atoms with Crippen molar-refractivity contribution in [3.63, 3.8) is 0 Å². The van der Waals surface area contributed by atoms with Crippen LogP contribution in [0.2, 0.25) is 0 Å². The molecule has 10 heteroatoms. The number of hydrogen-bond acceptors (Lipinski definition) is 8. The zero-order valence-corrected chi connectivity index (χ0v) is 15.4. The Labute approximate surface area is 155 Å². The molecule has 1 aliphatic carbocycles. The number of thiazole rings is 1. The minimum Gasteiger partial charge on any atom is -0.378 e. The Kier molecular flexibility index (Phi) is 5.40. The molecule has 0 radical (unpaired) electrons. The Morgan fingerprint density at radius 1 is 1.38 bits per heavy atom. The van der Waals surface area contributed by atoms with Gasteiger partial charge >= 0.3 is 0 Å². The highest BCUT2D eigenvalue weighted by Gasteiger charge is 2.28. The van der Waals surface area contributed by atoms with E-state index >= 15 is 0 Å². The second-order valence-electron chi connectivity index (χ2n) is 6.63. The van der Waals surface area contributed by atoms with E-state index in [1.165, 1.54) is 4.88 Å². The Hall–Kier alpha value is -2.07. The summed E-state index contributed by atoms with van der Waals surface area (Å²) in [7, 11) is 0. The van der Waals surface area contributed by atoms with Crippen LogP contribution in [0.25, 0.3) is 0 Å². The van der Waals surface area contributed by atoms with Crippen molar-refractivity contribution in [2.45, 2.75) is 32.1 Å². The molecule has 2 N–H and O–H groups in total. The van der Waals surface area contributed by atoms with Crippen molar-refractivity contribution in [2.24, 2.45) is 5.92 Å². The van der Waals surface area contributed by atoms with Crippen molar-refractivity contribution in [1.29, 1.82) is 0 Å². The number of aromatic amines is 1. The van der Waals surface area contributed by atoms with Crippen LogP contribution in [0.15, 0.2) is 0 Å². The molecular weight excluding hydrogens is 354 g/mol. The largest absolute Gasteiger partial charge is 0.378 e. The van der Waals surface area contributed by atoms with Crippen LogP contribution >= 0.6 is 11.3 Å². The van der Waals surface area contributed by atoms with Gasteiger partial charge in [-0.2, -0.15) is 5.21 Å². The number of carbonyl (C=O) groups excluding carboxylic acids is 1. The van der Waals surface area contributed by atoms with Gasteiger partial charge in [-0.1, -0.05) is 5.21 Å². The van der Waals surface area contributed by atoms with Crippen molar-refractivity contribution in [3.8, 4) is 0 Å². The van der Waals surface area contributed by atoms with E-state index in [0.29, 0.717) is 18.8 Å². The van der Waals surface area contributed by atoms with E-state index in [0.717, 1.165) is 62.8 Å². The first-order valence-corrected chi connectivity index (χ1v) is 9.92. The van der Waals surface area contributed by atoms with E-state index in [-0.39, 0.29) is 11.8 Å². The lowest BCUT2D eigenvalue weighted by Crippen LogP contribution is -2.36. The van der Waals surface area contributed by atoms with Crippen LogP contribution in [0.5, 0.6) is 0 Å². The highest BCUT2D eigenvalue weighted by Crippen LogP contribution is 2.34. The minimum atomic E-state index is 0.0207. The molecule has 0 bridgehead atoms. The number of aryl methyl sites for hydroxylation is 2. The molecule has 2 aromatic rings. The second kappa shape index (κ2) is 8.09. The minimum absolute atomic E-state index is 0.0207. The number of nitrogens with one attached hydrogen (secondary N) is 2. The molecule has 2 aromatic heterocycles. The Morgan fingerprint density at radius 3 is 3.08 bits per heavy atom. The summed E-state index contributed by atoms with van der Waals surface area (Å²) in [6.07, 6.45) is 4.10. The quantitative estimate of drug-likeness (QED) is 0.699. The zero-order valence-electron chi connectivity index (χ0n) is 14.6. The summed E-state index contributed by atoms with van der Waals surface area (Å²) in [5, 5.41) is 17.9. The summed E-state index contributed by atoms with van der Waals surface area (Å²) < 4.78 is 5.41. The number of aromatic nitrogens is 5. The number of nitrogens with zero attached hydrogens (tertiary/aromatic N) is 5. The van der Waals surface area contributed by atoms with Gasteiger partial charge in [0.25, 0.3) is 0 Å². The molecule has 140 valence electrons. The number of tetrazole rings is 1.